The smallest absolute Gasteiger partial charge is 0.275 e. The molecule has 0 radical (unpaired) electrons. The van der Waals surface area contributed by atoms with Crippen molar-refractivity contribution in [2.45, 2.75) is 105 Å². The first-order valence-corrected chi connectivity index (χ1v) is 23.3. The maximum Gasteiger partial charge on any atom is 0.275 e. The highest BCUT2D eigenvalue weighted by Gasteiger charge is 2.25. The zero-order valence-electron chi connectivity index (χ0n) is 38.3. The Morgan fingerprint density at radius 2 is 0.661 bits per heavy atom. The third-order valence-corrected chi connectivity index (χ3v) is 13.1. The summed E-state index contributed by atoms with van der Waals surface area (Å²) in [6, 6.07) is 47.7. The minimum atomic E-state index is -0.293. The van der Waals surface area contributed by atoms with E-state index in [-0.39, 0.29) is 39.7 Å². The fraction of sp³-hybridized carbons (Fsp3) is 0.286. The summed E-state index contributed by atoms with van der Waals surface area (Å²) in [6.07, 6.45) is 0. The Morgan fingerprint density at radius 3 is 1.03 bits per heavy atom. The molecule has 0 aliphatic rings. The van der Waals surface area contributed by atoms with Crippen molar-refractivity contribution in [1.82, 2.24) is 0 Å². The molecule has 8 aromatic carbocycles. The highest BCUT2D eigenvalue weighted by atomic mass is 31.1. The van der Waals surface area contributed by atoms with Gasteiger partial charge in [0.1, 0.15) is 23.0 Å². The molecule has 318 valence electrons. The highest BCUT2D eigenvalue weighted by Crippen LogP contribution is 2.49. The number of hydrogen-bond acceptors (Lipinski definition) is 4. The van der Waals surface area contributed by atoms with Crippen LogP contribution in [-0.2, 0) is 21.7 Å². The fourth-order valence-corrected chi connectivity index (χ4v) is 9.36. The zero-order valence-corrected chi connectivity index (χ0v) is 40.3. The zero-order chi connectivity index (χ0) is 44.2. The first-order valence-electron chi connectivity index (χ1n) is 21.6. The maximum absolute atomic E-state index is 6.77. The minimum absolute atomic E-state index is 0.0600. The second-order valence-corrected chi connectivity index (χ2v) is 21.9. The van der Waals surface area contributed by atoms with E-state index in [1.807, 2.05) is 0 Å². The molecule has 8 rings (SSSR count). The summed E-state index contributed by atoms with van der Waals surface area (Å²) in [7, 11) is -0.586. The van der Waals surface area contributed by atoms with Gasteiger partial charge in [0.05, 0.1) is 0 Å². The third kappa shape index (κ3) is 9.02. The van der Waals surface area contributed by atoms with Crippen molar-refractivity contribution in [3.63, 3.8) is 0 Å². The van der Waals surface area contributed by atoms with Crippen molar-refractivity contribution in [1.29, 1.82) is 0 Å². The van der Waals surface area contributed by atoms with E-state index in [1.54, 1.807) is 0 Å². The molecule has 0 amide bonds. The quantitative estimate of drug-likeness (QED) is 0.136. The normalized spacial score (nSPS) is 13.0. The van der Waals surface area contributed by atoms with E-state index in [0.29, 0.717) is 0 Å². The summed E-state index contributed by atoms with van der Waals surface area (Å²) in [5, 5.41) is 9.07. The van der Waals surface area contributed by atoms with E-state index in [4.69, 9.17) is 18.1 Å². The molecule has 0 aliphatic carbocycles. The van der Waals surface area contributed by atoms with Gasteiger partial charge in [0, 0.05) is 22.3 Å². The second kappa shape index (κ2) is 16.5. The Morgan fingerprint density at radius 1 is 0.306 bits per heavy atom. The number of benzene rings is 8. The van der Waals surface area contributed by atoms with Gasteiger partial charge in [-0.2, -0.15) is 0 Å². The van der Waals surface area contributed by atoms with Crippen molar-refractivity contribution >= 4 is 61.2 Å². The Bertz CT molecular complexity index is 2750. The Balaban J connectivity index is 1.15. The molecule has 0 heterocycles. The monoisotopic (exact) mass is 858 g/mol. The largest absolute Gasteiger partial charge is 0.440 e. The van der Waals surface area contributed by atoms with Gasteiger partial charge in [-0.1, -0.05) is 180 Å². The van der Waals surface area contributed by atoms with Gasteiger partial charge in [-0.3, -0.25) is 0 Å². The number of fused-ring (bicyclic) bond motifs is 4. The molecule has 6 heteroatoms. The molecule has 0 N–H and O–H groups in total. The predicted octanol–water partition coefficient (Wildman–Crippen LogP) is 17.1. The molecule has 4 nitrogen and oxygen atoms in total. The predicted molar refractivity (Wildman–Crippen MR) is 269 cm³/mol. The van der Waals surface area contributed by atoms with Crippen molar-refractivity contribution in [2.24, 2.45) is 0 Å². The summed E-state index contributed by atoms with van der Waals surface area (Å²) in [4.78, 5) is 0. The van der Waals surface area contributed by atoms with Gasteiger partial charge in [-0.15, -0.1) is 0 Å². The van der Waals surface area contributed by atoms with Gasteiger partial charge >= 0.3 is 0 Å². The van der Waals surface area contributed by atoms with Gasteiger partial charge in [0.15, 0.2) is 0 Å². The van der Waals surface area contributed by atoms with Crippen LogP contribution in [0.4, 0.5) is 0 Å². The van der Waals surface area contributed by atoms with Gasteiger partial charge in [-0.25, -0.2) is 0 Å². The number of rotatable bonds is 9. The summed E-state index contributed by atoms with van der Waals surface area (Å²) in [5.41, 5.74) is 6.66. The molecule has 2 unspecified atom stereocenters. The van der Waals surface area contributed by atoms with E-state index in [1.165, 1.54) is 21.9 Å². The Kier molecular flexibility index (Phi) is 11.6. The molecule has 2 atom stereocenters. The molecule has 0 spiro atoms. The standard InChI is InChI=1S/C56H60O4P2/c1-53(2,3)41-25-21-37-33-49(45(55(7,8)9)31-39(37)29-41)59-61-57-47-27-23-35-17-13-15-19-43(35)51(47)52-44-20-16-14-18-36(44)24-28-48(52)58-62-60-50-34-38-22-26-42(54(4,5)6)30-40(38)32-46(50)56(10,11)12/h13-34,61-62H,1-12H3. The van der Waals surface area contributed by atoms with Crippen molar-refractivity contribution < 1.29 is 18.1 Å². The van der Waals surface area contributed by atoms with E-state index >= 15 is 0 Å². The first kappa shape index (κ1) is 43.5. The van der Waals surface area contributed by atoms with Crippen LogP contribution in [0.5, 0.6) is 23.0 Å². The highest BCUT2D eigenvalue weighted by molar-refractivity contribution is 7.27. The fourth-order valence-electron chi connectivity index (χ4n) is 8.24. The first-order chi connectivity index (χ1) is 29.3. The van der Waals surface area contributed by atoms with Crippen molar-refractivity contribution in [3.05, 3.63) is 156 Å². The molecule has 0 aliphatic heterocycles. The maximum atomic E-state index is 6.77. The molecule has 8 aromatic rings. The molecule has 0 saturated carbocycles. The third-order valence-electron chi connectivity index (χ3n) is 11.9. The Hall–Kier alpha value is -5.14. The van der Waals surface area contributed by atoms with Gasteiger partial charge in [-0.05, 0) is 112 Å². The van der Waals surface area contributed by atoms with Crippen LogP contribution < -0.4 is 18.1 Å². The SMILES string of the molecule is CC(C)(C)c1ccc2cc(OPOc3ccc4ccccc4c3-c3c(OPOc4cc5ccc(C(C)(C)C)cc5cc4C(C)(C)C)ccc4ccccc34)c(C(C)(C)C)cc2c1. The lowest BCUT2D eigenvalue weighted by molar-refractivity contribution is 0.491. The van der Waals surface area contributed by atoms with Gasteiger partial charge in [0.25, 0.3) is 18.1 Å². The molecular weight excluding hydrogens is 799 g/mol. The molecular formula is C56H60O4P2. The van der Waals surface area contributed by atoms with Crippen LogP contribution in [0.2, 0.25) is 0 Å². The lowest BCUT2D eigenvalue weighted by Gasteiger charge is -2.25. The lowest BCUT2D eigenvalue weighted by atomic mass is 9.82. The van der Waals surface area contributed by atoms with E-state index in [2.05, 4.69) is 217 Å². The average molecular weight is 859 g/mol. The van der Waals surface area contributed by atoms with Crippen LogP contribution in [-0.4, -0.2) is 0 Å². The molecule has 62 heavy (non-hydrogen) atoms. The summed E-state index contributed by atoms with van der Waals surface area (Å²) in [5.74, 6) is 3.11. The molecule has 0 saturated heterocycles. The van der Waals surface area contributed by atoms with Gasteiger partial charge < -0.3 is 18.1 Å². The molecule has 0 aromatic heterocycles. The van der Waals surface area contributed by atoms with Crippen LogP contribution in [0, 0.1) is 0 Å². The topological polar surface area (TPSA) is 36.9 Å². The molecule has 0 fully saturated rings. The summed E-state index contributed by atoms with van der Waals surface area (Å²) < 4.78 is 26.8. The van der Waals surface area contributed by atoms with Crippen molar-refractivity contribution in [3.8, 4) is 34.1 Å². The molecule has 0 bridgehead atoms. The van der Waals surface area contributed by atoms with Gasteiger partial charge in [0.2, 0.25) is 0 Å². The summed E-state index contributed by atoms with van der Waals surface area (Å²) >= 11 is 0. The van der Waals surface area contributed by atoms with Crippen LogP contribution in [0.1, 0.15) is 105 Å². The Labute approximate surface area is 372 Å². The van der Waals surface area contributed by atoms with Crippen LogP contribution >= 0.6 is 18.1 Å². The van der Waals surface area contributed by atoms with Crippen LogP contribution in [0.15, 0.2) is 133 Å². The van der Waals surface area contributed by atoms with Crippen molar-refractivity contribution in [2.75, 3.05) is 0 Å². The van der Waals surface area contributed by atoms with E-state index in [0.717, 1.165) is 77.6 Å². The lowest BCUT2D eigenvalue weighted by Crippen LogP contribution is -2.13. The van der Waals surface area contributed by atoms with Crippen LogP contribution in [0.25, 0.3) is 54.2 Å². The van der Waals surface area contributed by atoms with Crippen LogP contribution in [0.3, 0.4) is 0 Å². The summed E-state index contributed by atoms with van der Waals surface area (Å²) in [6.45, 7) is 27.0. The second-order valence-electron chi connectivity index (χ2n) is 20.7. The number of hydrogen-bond donors (Lipinski definition) is 0. The minimum Gasteiger partial charge on any atom is -0.440 e. The van der Waals surface area contributed by atoms with E-state index < -0.39 is 0 Å². The van der Waals surface area contributed by atoms with E-state index in [9.17, 15) is 0 Å². The average Bonchev–Trinajstić information content (AvgIpc) is 3.21.